The van der Waals surface area contributed by atoms with E-state index in [0.717, 1.165) is 11.5 Å². The van der Waals surface area contributed by atoms with Crippen LogP contribution in [-0.4, -0.2) is 20.2 Å². The standard InChI is InChI=1S/C14H12N4O/c19-14-12-11(7-15-18-12)16-13(17-14)10-5-3-9(4-6-10)8-1-2-8/h3-8H,1-2H2,(H,15,18)(H,16,17,19). The van der Waals surface area contributed by atoms with E-state index in [1.807, 2.05) is 12.1 Å². The number of fused-ring (bicyclic) bond motifs is 1. The van der Waals surface area contributed by atoms with Crippen LogP contribution in [0.2, 0.25) is 0 Å². The molecule has 0 bridgehead atoms. The van der Waals surface area contributed by atoms with E-state index in [-0.39, 0.29) is 5.56 Å². The maximum Gasteiger partial charge on any atom is 0.277 e. The molecule has 3 aromatic rings. The summed E-state index contributed by atoms with van der Waals surface area (Å²) < 4.78 is 0. The van der Waals surface area contributed by atoms with E-state index in [1.165, 1.54) is 18.4 Å². The molecule has 1 fully saturated rings. The Morgan fingerprint density at radius 1 is 1.16 bits per heavy atom. The van der Waals surface area contributed by atoms with Crippen LogP contribution in [0.1, 0.15) is 24.3 Å². The van der Waals surface area contributed by atoms with E-state index >= 15 is 0 Å². The average molecular weight is 252 g/mol. The molecule has 1 saturated carbocycles. The topological polar surface area (TPSA) is 74.4 Å². The molecule has 5 heteroatoms. The normalized spacial score (nSPS) is 14.9. The fourth-order valence-electron chi connectivity index (χ4n) is 2.32. The van der Waals surface area contributed by atoms with Crippen molar-refractivity contribution in [3.05, 3.63) is 46.4 Å². The maximum absolute atomic E-state index is 11.9. The Morgan fingerprint density at radius 2 is 1.95 bits per heavy atom. The molecule has 0 saturated heterocycles. The van der Waals surface area contributed by atoms with E-state index in [9.17, 15) is 4.79 Å². The van der Waals surface area contributed by atoms with Gasteiger partial charge in [-0.3, -0.25) is 9.89 Å². The number of hydrogen-bond donors (Lipinski definition) is 2. The molecule has 2 aromatic heterocycles. The van der Waals surface area contributed by atoms with Crippen molar-refractivity contribution in [2.24, 2.45) is 0 Å². The number of nitrogens with zero attached hydrogens (tertiary/aromatic N) is 2. The first kappa shape index (κ1) is 10.5. The highest BCUT2D eigenvalue weighted by Gasteiger charge is 2.23. The molecule has 4 rings (SSSR count). The molecule has 1 aromatic carbocycles. The fourth-order valence-corrected chi connectivity index (χ4v) is 2.32. The number of rotatable bonds is 2. The highest BCUT2D eigenvalue weighted by Crippen LogP contribution is 2.40. The molecule has 0 amide bonds. The number of aromatic nitrogens is 4. The third-order valence-corrected chi connectivity index (χ3v) is 3.54. The van der Waals surface area contributed by atoms with Crippen LogP contribution in [0.3, 0.4) is 0 Å². The molecule has 19 heavy (non-hydrogen) atoms. The van der Waals surface area contributed by atoms with Crippen molar-refractivity contribution in [2.45, 2.75) is 18.8 Å². The number of H-pyrrole nitrogens is 2. The highest BCUT2D eigenvalue weighted by molar-refractivity contribution is 5.74. The van der Waals surface area contributed by atoms with Gasteiger partial charge in [0.15, 0.2) is 0 Å². The summed E-state index contributed by atoms with van der Waals surface area (Å²) >= 11 is 0. The average Bonchev–Trinajstić information content (AvgIpc) is 3.17. The molecule has 0 unspecified atom stereocenters. The molecule has 2 N–H and O–H groups in total. The number of benzene rings is 1. The Balaban J connectivity index is 1.82. The Labute approximate surface area is 108 Å². The van der Waals surface area contributed by atoms with Gasteiger partial charge in [0.25, 0.3) is 5.56 Å². The second-order valence-electron chi connectivity index (χ2n) is 4.94. The predicted octanol–water partition coefficient (Wildman–Crippen LogP) is 2.19. The quantitative estimate of drug-likeness (QED) is 0.734. The van der Waals surface area contributed by atoms with Crippen LogP contribution in [0.15, 0.2) is 35.3 Å². The number of aromatic amines is 2. The molecule has 1 aliphatic rings. The third kappa shape index (κ3) is 1.74. The van der Waals surface area contributed by atoms with Gasteiger partial charge in [-0.2, -0.15) is 5.10 Å². The van der Waals surface area contributed by atoms with Gasteiger partial charge in [0.2, 0.25) is 0 Å². The van der Waals surface area contributed by atoms with E-state index in [1.54, 1.807) is 6.20 Å². The number of nitrogens with one attached hydrogen (secondary N) is 2. The van der Waals surface area contributed by atoms with E-state index in [4.69, 9.17) is 0 Å². The molecule has 0 aliphatic heterocycles. The molecule has 1 aliphatic carbocycles. The minimum Gasteiger partial charge on any atom is -0.305 e. The Kier molecular flexibility index (Phi) is 2.09. The Bertz CT molecular complexity index is 796. The Hall–Kier alpha value is -2.43. The molecule has 0 spiro atoms. The lowest BCUT2D eigenvalue weighted by molar-refractivity contribution is 1.10. The van der Waals surface area contributed by atoms with Crippen LogP contribution in [0, 0.1) is 0 Å². The predicted molar refractivity (Wildman–Crippen MR) is 71.9 cm³/mol. The highest BCUT2D eigenvalue weighted by atomic mass is 16.1. The molecule has 0 atom stereocenters. The molecule has 94 valence electrons. The Morgan fingerprint density at radius 3 is 2.68 bits per heavy atom. The van der Waals surface area contributed by atoms with Gasteiger partial charge in [0.05, 0.1) is 6.20 Å². The third-order valence-electron chi connectivity index (χ3n) is 3.54. The van der Waals surface area contributed by atoms with Crippen LogP contribution in [0.4, 0.5) is 0 Å². The van der Waals surface area contributed by atoms with E-state index in [2.05, 4.69) is 32.3 Å². The van der Waals surface area contributed by atoms with Crippen LogP contribution < -0.4 is 5.56 Å². The van der Waals surface area contributed by atoms with Crippen molar-refractivity contribution in [1.82, 2.24) is 20.2 Å². The van der Waals surface area contributed by atoms with Gasteiger partial charge in [-0.1, -0.05) is 24.3 Å². The zero-order valence-corrected chi connectivity index (χ0v) is 10.2. The SMILES string of the molecule is O=c1[nH]c(-c2ccc(C3CC3)cc2)nc2cn[nH]c12. The minimum absolute atomic E-state index is 0.191. The van der Waals surface area contributed by atoms with Crippen LogP contribution in [-0.2, 0) is 0 Å². The zero-order valence-electron chi connectivity index (χ0n) is 10.2. The summed E-state index contributed by atoms with van der Waals surface area (Å²) in [6, 6.07) is 8.26. The zero-order chi connectivity index (χ0) is 12.8. The van der Waals surface area contributed by atoms with Gasteiger partial charge < -0.3 is 4.98 Å². The first-order valence-corrected chi connectivity index (χ1v) is 6.35. The van der Waals surface area contributed by atoms with E-state index < -0.39 is 0 Å². The number of hydrogen-bond acceptors (Lipinski definition) is 3. The first-order valence-electron chi connectivity index (χ1n) is 6.35. The summed E-state index contributed by atoms with van der Waals surface area (Å²) in [7, 11) is 0. The lowest BCUT2D eigenvalue weighted by Crippen LogP contribution is -2.09. The van der Waals surface area contributed by atoms with Crippen LogP contribution in [0.5, 0.6) is 0 Å². The second-order valence-corrected chi connectivity index (χ2v) is 4.94. The lowest BCUT2D eigenvalue weighted by atomic mass is 10.1. The molecule has 5 nitrogen and oxygen atoms in total. The summed E-state index contributed by atoms with van der Waals surface area (Å²) in [5.41, 5.74) is 3.10. The van der Waals surface area contributed by atoms with Gasteiger partial charge in [-0.05, 0) is 24.3 Å². The van der Waals surface area contributed by atoms with Gasteiger partial charge in [-0.15, -0.1) is 0 Å². The van der Waals surface area contributed by atoms with Crippen molar-refractivity contribution in [3.63, 3.8) is 0 Å². The minimum atomic E-state index is -0.191. The molecule has 0 radical (unpaired) electrons. The smallest absolute Gasteiger partial charge is 0.277 e. The summed E-state index contributed by atoms with van der Waals surface area (Å²) in [5, 5.41) is 6.48. The van der Waals surface area contributed by atoms with Crippen molar-refractivity contribution in [2.75, 3.05) is 0 Å². The van der Waals surface area contributed by atoms with Gasteiger partial charge >= 0.3 is 0 Å². The summed E-state index contributed by atoms with van der Waals surface area (Å²) in [4.78, 5) is 19.0. The van der Waals surface area contributed by atoms with Gasteiger partial charge in [0, 0.05) is 5.56 Å². The van der Waals surface area contributed by atoms with E-state index in [0.29, 0.717) is 16.9 Å². The summed E-state index contributed by atoms with van der Waals surface area (Å²) in [6.45, 7) is 0. The van der Waals surface area contributed by atoms with Crippen molar-refractivity contribution in [3.8, 4) is 11.4 Å². The first-order chi connectivity index (χ1) is 9.31. The van der Waals surface area contributed by atoms with Crippen molar-refractivity contribution in [1.29, 1.82) is 0 Å². The molecule has 2 heterocycles. The van der Waals surface area contributed by atoms with Gasteiger partial charge in [0.1, 0.15) is 16.9 Å². The largest absolute Gasteiger partial charge is 0.305 e. The molecular formula is C14H12N4O. The molecular weight excluding hydrogens is 240 g/mol. The summed E-state index contributed by atoms with van der Waals surface area (Å²) in [6.07, 6.45) is 4.14. The maximum atomic E-state index is 11.9. The van der Waals surface area contributed by atoms with Crippen molar-refractivity contribution < 1.29 is 0 Å². The summed E-state index contributed by atoms with van der Waals surface area (Å²) in [5.74, 6) is 1.32. The second kappa shape index (κ2) is 3.78. The fraction of sp³-hybridized carbons (Fsp3) is 0.214. The van der Waals surface area contributed by atoms with Crippen LogP contribution >= 0.6 is 0 Å². The monoisotopic (exact) mass is 252 g/mol. The van der Waals surface area contributed by atoms with Gasteiger partial charge in [-0.25, -0.2) is 4.98 Å². The van der Waals surface area contributed by atoms with Crippen LogP contribution in [0.25, 0.3) is 22.4 Å². The van der Waals surface area contributed by atoms with Crippen molar-refractivity contribution >= 4 is 11.0 Å². The lowest BCUT2D eigenvalue weighted by Gasteiger charge is -2.02.